The van der Waals surface area contributed by atoms with Crippen LogP contribution in [0.3, 0.4) is 0 Å². The number of ether oxygens (including phenoxy) is 3. The lowest BCUT2D eigenvalue weighted by atomic mass is 9.97. The van der Waals surface area contributed by atoms with Gasteiger partial charge in [-0.05, 0) is 36.9 Å². The molecule has 0 amide bonds. The minimum atomic E-state index is 0.202. The van der Waals surface area contributed by atoms with Crippen molar-refractivity contribution in [1.29, 1.82) is 0 Å². The maximum absolute atomic E-state index is 5.88. The number of hydrogen-bond acceptors (Lipinski definition) is 4. The van der Waals surface area contributed by atoms with E-state index in [0.29, 0.717) is 13.2 Å². The van der Waals surface area contributed by atoms with E-state index in [-0.39, 0.29) is 6.10 Å². The number of hydrogen-bond donors (Lipinski definition) is 1. The van der Waals surface area contributed by atoms with Gasteiger partial charge in [-0.25, -0.2) is 0 Å². The van der Waals surface area contributed by atoms with Gasteiger partial charge in [0.2, 0.25) is 0 Å². The molecule has 0 radical (unpaired) electrons. The van der Waals surface area contributed by atoms with Gasteiger partial charge in [0.25, 0.3) is 0 Å². The molecule has 1 atom stereocenters. The number of rotatable bonds is 10. The Labute approximate surface area is 127 Å². The molecule has 4 heteroatoms. The van der Waals surface area contributed by atoms with E-state index in [2.05, 4.69) is 29.6 Å². The molecule has 1 aromatic carbocycles. The molecule has 0 aliphatic carbocycles. The van der Waals surface area contributed by atoms with Crippen LogP contribution in [0.25, 0.3) is 0 Å². The Morgan fingerprint density at radius 2 is 2.10 bits per heavy atom. The molecule has 118 valence electrons. The Balaban J connectivity index is 1.56. The third-order valence-corrected chi connectivity index (χ3v) is 3.75. The molecule has 1 aliphatic heterocycles. The van der Waals surface area contributed by atoms with Gasteiger partial charge in [0.1, 0.15) is 0 Å². The second-order valence-corrected chi connectivity index (χ2v) is 5.32. The Morgan fingerprint density at radius 1 is 1.19 bits per heavy atom. The lowest BCUT2D eigenvalue weighted by Gasteiger charge is -2.26. The summed E-state index contributed by atoms with van der Waals surface area (Å²) in [7, 11) is 1.69. The van der Waals surface area contributed by atoms with Crippen LogP contribution in [0.2, 0.25) is 0 Å². The summed E-state index contributed by atoms with van der Waals surface area (Å²) in [6.45, 7) is 4.91. The number of unbranched alkanes of at least 4 members (excludes halogenated alkanes) is 1. The Kier molecular flexibility index (Phi) is 7.75. The summed E-state index contributed by atoms with van der Waals surface area (Å²) in [5, 5.41) is 3.49. The molecule has 0 saturated heterocycles. The molecular formula is C17H27NO3. The molecule has 0 bridgehead atoms. The van der Waals surface area contributed by atoms with Crippen LogP contribution < -0.4 is 5.32 Å². The smallest absolute Gasteiger partial charge is 0.0952 e. The Morgan fingerprint density at radius 3 is 3.00 bits per heavy atom. The van der Waals surface area contributed by atoms with Crippen LogP contribution in [-0.2, 0) is 20.6 Å². The fraction of sp³-hybridized carbons (Fsp3) is 0.647. The largest absolute Gasteiger partial charge is 0.382 e. The van der Waals surface area contributed by atoms with Gasteiger partial charge in [-0.1, -0.05) is 24.3 Å². The van der Waals surface area contributed by atoms with Gasteiger partial charge < -0.3 is 19.5 Å². The topological polar surface area (TPSA) is 39.7 Å². The maximum Gasteiger partial charge on any atom is 0.0952 e. The van der Waals surface area contributed by atoms with Crippen molar-refractivity contribution in [3.05, 3.63) is 35.4 Å². The molecule has 0 saturated carbocycles. The van der Waals surface area contributed by atoms with Crippen molar-refractivity contribution in [1.82, 2.24) is 5.32 Å². The molecule has 2 rings (SSSR count). The summed E-state index contributed by atoms with van der Waals surface area (Å²) in [5.41, 5.74) is 2.78. The van der Waals surface area contributed by atoms with Gasteiger partial charge in [0.05, 0.1) is 25.9 Å². The van der Waals surface area contributed by atoms with Crippen LogP contribution in [0.4, 0.5) is 0 Å². The first-order chi connectivity index (χ1) is 10.4. The first kappa shape index (κ1) is 16.4. The molecule has 4 nitrogen and oxygen atoms in total. The Hall–Kier alpha value is -0.940. The van der Waals surface area contributed by atoms with Gasteiger partial charge in [-0.15, -0.1) is 0 Å². The standard InChI is InChI=1S/C17H27NO3/c1-19-12-13-20-10-5-4-9-18-14-17-16-7-3-2-6-15(16)8-11-21-17/h2-3,6-7,17-18H,4-5,8-14H2,1H3. The molecule has 1 aromatic rings. The second kappa shape index (κ2) is 9.90. The third-order valence-electron chi connectivity index (χ3n) is 3.75. The molecule has 1 aliphatic rings. The number of benzene rings is 1. The van der Waals surface area contributed by atoms with Gasteiger partial charge >= 0.3 is 0 Å². The predicted molar refractivity (Wildman–Crippen MR) is 83.6 cm³/mol. The number of methoxy groups -OCH3 is 1. The highest BCUT2D eigenvalue weighted by Gasteiger charge is 2.19. The van der Waals surface area contributed by atoms with Crippen LogP contribution >= 0.6 is 0 Å². The normalized spacial score (nSPS) is 17.7. The van der Waals surface area contributed by atoms with Crippen molar-refractivity contribution in [3.8, 4) is 0 Å². The highest BCUT2D eigenvalue weighted by molar-refractivity contribution is 5.31. The van der Waals surface area contributed by atoms with Gasteiger partial charge in [0, 0.05) is 20.3 Å². The molecular weight excluding hydrogens is 266 g/mol. The minimum absolute atomic E-state index is 0.202. The monoisotopic (exact) mass is 293 g/mol. The lowest BCUT2D eigenvalue weighted by molar-refractivity contribution is 0.0422. The van der Waals surface area contributed by atoms with Crippen LogP contribution in [0.5, 0.6) is 0 Å². The zero-order valence-corrected chi connectivity index (χ0v) is 13.0. The fourth-order valence-electron chi connectivity index (χ4n) is 2.58. The SMILES string of the molecule is COCCOCCCCNCC1OCCc2ccccc21. The van der Waals surface area contributed by atoms with Crippen molar-refractivity contribution in [2.75, 3.05) is 46.6 Å². The summed E-state index contributed by atoms with van der Waals surface area (Å²) in [6, 6.07) is 8.60. The first-order valence-electron chi connectivity index (χ1n) is 7.88. The average molecular weight is 293 g/mol. The van der Waals surface area contributed by atoms with Crippen molar-refractivity contribution < 1.29 is 14.2 Å². The van der Waals surface area contributed by atoms with Crippen molar-refractivity contribution >= 4 is 0 Å². The van der Waals surface area contributed by atoms with E-state index in [1.165, 1.54) is 11.1 Å². The molecule has 21 heavy (non-hydrogen) atoms. The van der Waals surface area contributed by atoms with E-state index >= 15 is 0 Å². The Bertz CT molecular complexity index is 397. The summed E-state index contributed by atoms with van der Waals surface area (Å²) in [4.78, 5) is 0. The molecule has 0 fully saturated rings. The second-order valence-electron chi connectivity index (χ2n) is 5.32. The molecule has 0 aromatic heterocycles. The van der Waals surface area contributed by atoms with E-state index in [1.54, 1.807) is 7.11 Å². The van der Waals surface area contributed by atoms with Crippen molar-refractivity contribution in [2.45, 2.75) is 25.4 Å². The first-order valence-corrected chi connectivity index (χ1v) is 7.88. The van der Waals surface area contributed by atoms with E-state index in [1.807, 2.05) is 0 Å². The van der Waals surface area contributed by atoms with Gasteiger partial charge in [-0.3, -0.25) is 0 Å². The minimum Gasteiger partial charge on any atom is -0.382 e. The van der Waals surface area contributed by atoms with Crippen molar-refractivity contribution in [3.63, 3.8) is 0 Å². The van der Waals surface area contributed by atoms with E-state index in [4.69, 9.17) is 14.2 Å². The van der Waals surface area contributed by atoms with Crippen LogP contribution in [0.1, 0.15) is 30.1 Å². The number of nitrogens with one attached hydrogen (secondary N) is 1. The molecule has 0 spiro atoms. The summed E-state index contributed by atoms with van der Waals surface area (Å²) in [5.74, 6) is 0. The molecule has 1 N–H and O–H groups in total. The molecule has 1 unspecified atom stereocenters. The number of fused-ring (bicyclic) bond motifs is 1. The van der Waals surface area contributed by atoms with E-state index < -0.39 is 0 Å². The molecule has 1 heterocycles. The summed E-state index contributed by atoms with van der Waals surface area (Å²) >= 11 is 0. The highest BCUT2D eigenvalue weighted by atomic mass is 16.5. The fourth-order valence-corrected chi connectivity index (χ4v) is 2.58. The van der Waals surface area contributed by atoms with E-state index in [0.717, 1.165) is 45.6 Å². The zero-order chi connectivity index (χ0) is 14.8. The third kappa shape index (κ3) is 5.75. The maximum atomic E-state index is 5.88. The highest BCUT2D eigenvalue weighted by Crippen LogP contribution is 2.26. The van der Waals surface area contributed by atoms with Gasteiger partial charge in [-0.2, -0.15) is 0 Å². The van der Waals surface area contributed by atoms with Crippen LogP contribution in [0, 0.1) is 0 Å². The summed E-state index contributed by atoms with van der Waals surface area (Å²) < 4.78 is 16.2. The summed E-state index contributed by atoms with van der Waals surface area (Å²) in [6.07, 6.45) is 3.44. The predicted octanol–water partition coefficient (Wildman–Crippen LogP) is 2.33. The van der Waals surface area contributed by atoms with Crippen molar-refractivity contribution in [2.24, 2.45) is 0 Å². The zero-order valence-electron chi connectivity index (χ0n) is 13.0. The van der Waals surface area contributed by atoms with Gasteiger partial charge in [0.15, 0.2) is 0 Å². The lowest BCUT2D eigenvalue weighted by Crippen LogP contribution is -2.28. The average Bonchev–Trinajstić information content (AvgIpc) is 2.53. The van der Waals surface area contributed by atoms with E-state index in [9.17, 15) is 0 Å². The van der Waals surface area contributed by atoms with Crippen LogP contribution in [0.15, 0.2) is 24.3 Å². The quantitative estimate of drug-likeness (QED) is 0.672. The van der Waals surface area contributed by atoms with Crippen LogP contribution in [-0.4, -0.2) is 46.6 Å².